The highest BCUT2D eigenvalue weighted by atomic mass is 16.2. The molecule has 1 rings (SSSR count). The van der Waals surface area contributed by atoms with Crippen molar-refractivity contribution in [2.75, 3.05) is 25.4 Å². The number of likely N-dealkylation sites (N-methyl/N-ethyl adjacent to an activating group) is 1. The van der Waals surface area contributed by atoms with E-state index in [-0.39, 0.29) is 18.1 Å². The number of hydrogen-bond acceptors (Lipinski definition) is 4. The number of aromatic amines is 1. The molecule has 100 valence electrons. The first-order valence-corrected chi connectivity index (χ1v) is 5.87. The number of carbonyl (C=O) groups excluding carboxylic acids is 2. The number of aryl methyl sites for hydroxylation is 1. The Balaban J connectivity index is 2.57. The van der Waals surface area contributed by atoms with E-state index in [9.17, 15) is 9.59 Å². The van der Waals surface area contributed by atoms with E-state index < -0.39 is 5.91 Å². The second kappa shape index (κ2) is 6.04. The SMILES string of the molecule is CCN(CC)C(=O)CNC(=O)c1n[nH]c(C)c1N. The van der Waals surface area contributed by atoms with E-state index >= 15 is 0 Å². The van der Waals surface area contributed by atoms with Crippen molar-refractivity contribution in [3.05, 3.63) is 11.4 Å². The highest BCUT2D eigenvalue weighted by Gasteiger charge is 2.17. The van der Waals surface area contributed by atoms with Gasteiger partial charge >= 0.3 is 0 Å². The summed E-state index contributed by atoms with van der Waals surface area (Å²) in [5.41, 5.74) is 6.74. The maximum atomic E-state index is 11.7. The summed E-state index contributed by atoms with van der Waals surface area (Å²) < 4.78 is 0. The normalized spacial score (nSPS) is 10.2. The first-order chi connectivity index (χ1) is 8.51. The largest absolute Gasteiger partial charge is 0.395 e. The molecule has 1 aromatic rings. The lowest BCUT2D eigenvalue weighted by Crippen LogP contribution is -2.40. The minimum absolute atomic E-state index is 0.0497. The first kappa shape index (κ1) is 14.0. The molecule has 2 amide bonds. The van der Waals surface area contributed by atoms with Gasteiger partial charge < -0.3 is 16.0 Å². The molecule has 0 aliphatic carbocycles. The third-order valence-electron chi connectivity index (χ3n) is 2.73. The van der Waals surface area contributed by atoms with Crippen LogP contribution in [0, 0.1) is 6.92 Å². The first-order valence-electron chi connectivity index (χ1n) is 5.87. The van der Waals surface area contributed by atoms with E-state index in [2.05, 4.69) is 15.5 Å². The van der Waals surface area contributed by atoms with Gasteiger partial charge in [-0.3, -0.25) is 14.7 Å². The Labute approximate surface area is 106 Å². The molecule has 1 aromatic heterocycles. The molecule has 0 unspecified atom stereocenters. The molecule has 1 heterocycles. The lowest BCUT2D eigenvalue weighted by molar-refractivity contribution is -0.129. The van der Waals surface area contributed by atoms with Gasteiger partial charge in [-0.15, -0.1) is 0 Å². The van der Waals surface area contributed by atoms with Crippen molar-refractivity contribution < 1.29 is 9.59 Å². The average molecular weight is 253 g/mol. The Hall–Kier alpha value is -2.05. The third kappa shape index (κ3) is 2.99. The number of nitrogens with zero attached hydrogens (tertiary/aromatic N) is 2. The molecule has 7 heteroatoms. The second-order valence-electron chi connectivity index (χ2n) is 3.86. The van der Waals surface area contributed by atoms with E-state index in [1.165, 1.54) is 0 Å². The lowest BCUT2D eigenvalue weighted by atomic mass is 10.3. The van der Waals surface area contributed by atoms with Crippen LogP contribution in [-0.2, 0) is 4.79 Å². The van der Waals surface area contributed by atoms with E-state index in [0.29, 0.717) is 24.5 Å². The van der Waals surface area contributed by atoms with Crippen molar-refractivity contribution in [1.29, 1.82) is 0 Å². The Kier molecular flexibility index (Phi) is 4.70. The number of nitrogen functional groups attached to an aromatic ring is 1. The number of nitrogens with one attached hydrogen (secondary N) is 2. The molecular weight excluding hydrogens is 234 g/mol. The fourth-order valence-electron chi connectivity index (χ4n) is 1.54. The van der Waals surface area contributed by atoms with Gasteiger partial charge in [-0.05, 0) is 20.8 Å². The van der Waals surface area contributed by atoms with E-state index in [0.717, 1.165) is 0 Å². The zero-order valence-electron chi connectivity index (χ0n) is 10.9. The maximum Gasteiger partial charge on any atom is 0.274 e. The van der Waals surface area contributed by atoms with Crippen LogP contribution in [0.4, 0.5) is 5.69 Å². The maximum absolute atomic E-state index is 11.7. The van der Waals surface area contributed by atoms with Crippen molar-refractivity contribution in [2.24, 2.45) is 0 Å². The predicted molar refractivity (Wildman–Crippen MR) is 68.0 cm³/mol. The van der Waals surface area contributed by atoms with Crippen LogP contribution in [0.2, 0.25) is 0 Å². The quantitative estimate of drug-likeness (QED) is 0.681. The predicted octanol–water partition coefficient (Wildman–Crippen LogP) is -0.101. The molecule has 0 saturated heterocycles. The molecule has 0 aliphatic rings. The Morgan fingerprint density at radius 1 is 1.39 bits per heavy atom. The fourth-order valence-corrected chi connectivity index (χ4v) is 1.54. The lowest BCUT2D eigenvalue weighted by Gasteiger charge is -2.18. The van der Waals surface area contributed by atoms with Crippen LogP contribution in [0.5, 0.6) is 0 Å². The smallest absolute Gasteiger partial charge is 0.274 e. The van der Waals surface area contributed by atoms with E-state index in [1.54, 1.807) is 11.8 Å². The van der Waals surface area contributed by atoms with Gasteiger partial charge in [0.2, 0.25) is 5.91 Å². The summed E-state index contributed by atoms with van der Waals surface area (Å²) in [6.07, 6.45) is 0. The molecule has 0 atom stereocenters. The van der Waals surface area contributed by atoms with Gasteiger partial charge in [-0.1, -0.05) is 0 Å². The van der Waals surface area contributed by atoms with Crippen molar-refractivity contribution in [2.45, 2.75) is 20.8 Å². The molecule has 0 spiro atoms. The van der Waals surface area contributed by atoms with Crippen molar-refractivity contribution in [3.8, 4) is 0 Å². The van der Waals surface area contributed by atoms with Gasteiger partial charge in [-0.2, -0.15) is 5.10 Å². The van der Waals surface area contributed by atoms with Crippen LogP contribution in [-0.4, -0.2) is 46.5 Å². The summed E-state index contributed by atoms with van der Waals surface area (Å²) in [5.74, 6) is -0.573. The second-order valence-corrected chi connectivity index (χ2v) is 3.86. The van der Waals surface area contributed by atoms with Gasteiger partial charge in [0.05, 0.1) is 17.9 Å². The highest BCUT2D eigenvalue weighted by Crippen LogP contribution is 2.11. The Morgan fingerprint density at radius 3 is 2.44 bits per heavy atom. The molecule has 0 aromatic carbocycles. The Bertz CT molecular complexity index is 437. The number of hydrogen-bond donors (Lipinski definition) is 3. The van der Waals surface area contributed by atoms with Gasteiger partial charge in [0, 0.05) is 13.1 Å². The number of rotatable bonds is 5. The molecule has 7 nitrogen and oxygen atoms in total. The van der Waals surface area contributed by atoms with Crippen molar-refractivity contribution >= 4 is 17.5 Å². The fraction of sp³-hybridized carbons (Fsp3) is 0.545. The topological polar surface area (TPSA) is 104 Å². The zero-order valence-corrected chi connectivity index (χ0v) is 10.9. The standard InChI is InChI=1S/C11H19N5O2/c1-4-16(5-2)8(17)6-13-11(18)10-9(12)7(3)14-15-10/h4-6,12H2,1-3H3,(H,13,18)(H,14,15). The number of amides is 2. The summed E-state index contributed by atoms with van der Waals surface area (Å²) in [7, 11) is 0. The number of nitrogens with two attached hydrogens (primary N) is 1. The van der Waals surface area contributed by atoms with Crippen molar-refractivity contribution in [1.82, 2.24) is 20.4 Å². The molecule has 0 saturated carbocycles. The van der Waals surface area contributed by atoms with E-state index in [4.69, 9.17) is 5.73 Å². The van der Waals surface area contributed by atoms with Crippen LogP contribution in [0.3, 0.4) is 0 Å². The van der Waals surface area contributed by atoms with Crippen LogP contribution >= 0.6 is 0 Å². The zero-order chi connectivity index (χ0) is 13.7. The summed E-state index contributed by atoms with van der Waals surface area (Å²) in [4.78, 5) is 25.1. The number of H-pyrrole nitrogens is 1. The molecule has 4 N–H and O–H groups in total. The summed E-state index contributed by atoms with van der Waals surface area (Å²) in [5, 5.41) is 8.92. The third-order valence-corrected chi connectivity index (χ3v) is 2.73. The van der Waals surface area contributed by atoms with Crippen molar-refractivity contribution in [3.63, 3.8) is 0 Å². The van der Waals surface area contributed by atoms with Gasteiger partial charge in [0.1, 0.15) is 0 Å². The average Bonchev–Trinajstić information content (AvgIpc) is 2.69. The monoisotopic (exact) mass is 253 g/mol. The van der Waals surface area contributed by atoms with Crippen LogP contribution in [0.25, 0.3) is 0 Å². The summed E-state index contributed by atoms with van der Waals surface area (Å²) >= 11 is 0. The minimum Gasteiger partial charge on any atom is -0.395 e. The highest BCUT2D eigenvalue weighted by molar-refractivity contribution is 5.99. The molecule has 0 aliphatic heterocycles. The van der Waals surface area contributed by atoms with Crippen LogP contribution in [0.15, 0.2) is 0 Å². The molecular formula is C11H19N5O2. The molecule has 0 radical (unpaired) electrons. The van der Waals surface area contributed by atoms with Gasteiger partial charge in [0.15, 0.2) is 5.69 Å². The van der Waals surface area contributed by atoms with E-state index in [1.807, 2.05) is 13.8 Å². The Morgan fingerprint density at radius 2 is 2.00 bits per heavy atom. The number of aromatic nitrogens is 2. The van der Waals surface area contributed by atoms with Crippen LogP contribution < -0.4 is 11.1 Å². The number of anilines is 1. The molecule has 0 fully saturated rings. The molecule has 0 bridgehead atoms. The van der Waals surface area contributed by atoms with Gasteiger partial charge in [0.25, 0.3) is 5.91 Å². The summed E-state index contributed by atoms with van der Waals surface area (Å²) in [6.45, 7) is 6.69. The van der Waals surface area contributed by atoms with Crippen LogP contribution in [0.1, 0.15) is 30.0 Å². The minimum atomic E-state index is -0.447. The van der Waals surface area contributed by atoms with Gasteiger partial charge in [-0.25, -0.2) is 0 Å². The number of carbonyl (C=O) groups is 2. The summed E-state index contributed by atoms with van der Waals surface area (Å²) in [6, 6.07) is 0. The molecule has 18 heavy (non-hydrogen) atoms.